The number of hydrogen-bond acceptors (Lipinski definition) is 3. The second-order valence-electron chi connectivity index (χ2n) is 10.3. The van der Waals surface area contributed by atoms with E-state index >= 15 is 0 Å². The average molecular weight is 499 g/mol. The first kappa shape index (κ1) is 22.9. The summed E-state index contributed by atoms with van der Waals surface area (Å²) in [5, 5.41) is 7.40. The fraction of sp³-hybridized carbons (Fsp3) is 0.200. The highest BCUT2D eigenvalue weighted by atomic mass is 16.5. The molecule has 3 nitrogen and oxygen atoms in total. The highest BCUT2D eigenvalue weighted by Gasteiger charge is 2.34. The summed E-state index contributed by atoms with van der Waals surface area (Å²) in [5.41, 5.74) is 3.60. The van der Waals surface area contributed by atoms with E-state index in [2.05, 4.69) is 85.0 Å². The molecule has 2 aliphatic carbocycles. The fourth-order valence-electron chi connectivity index (χ4n) is 6.65. The molecule has 0 saturated carbocycles. The molecule has 188 valence electrons. The Morgan fingerprint density at radius 3 is 2.39 bits per heavy atom. The molecule has 1 unspecified atom stereocenters. The third kappa shape index (κ3) is 3.35. The lowest BCUT2D eigenvalue weighted by Crippen LogP contribution is -2.47. The molecular weight excluding hydrogens is 468 g/mol. The van der Waals surface area contributed by atoms with Crippen LogP contribution in [0.15, 0.2) is 79.1 Å². The maximum atomic E-state index is 6.20. The summed E-state index contributed by atoms with van der Waals surface area (Å²) in [6.45, 7) is 0. The van der Waals surface area contributed by atoms with Gasteiger partial charge in [-0.15, -0.1) is 0 Å². The number of aryl methyl sites for hydroxylation is 1. The summed E-state index contributed by atoms with van der Waals surface area (Å²) in [4.78, 5) is 0. The first-order chi connectivity index (χ1) is 18.7. The second-order valence-corrected chi connectivity index (χ2v) is 10.3. The third-order valence-electron chi connectivity index (χ3n) is 8.47. The maximum absolute atomic E-state index is 6.20. The molecule has 0 amide bonds. The topological polar surface area (TPSA) is 27.7 Å². The minimum Gasteiger partial charge on any atom is -0.500 e. The monoisotopic (exact) mass is 498 g/mol. The van der Waals surface area contributed by atoms with E-state index in [-0.39, 0.29) is 5.41 Å². The normalized spacial score (nSPS) is 19.2. The van der Waals surface area contributed by atoms with Crippen molar-refractivity contribution in [1.29, 1.82) is 0 Å². The molecule has 4 aromatic rings. The Balaban J connectivity index is 1.66. The van der Waals surface area contributed by atoms with Crippen LogP contribution in [0.1, 0.15) is 36.0 Å². The zero-order valence-corrected chi connectivity index (χ0v) is 21.8. The largest absolute Gasteiger partial charge is 0.500 e. The lowest BCUT2D eigenvalue weighted by atomic mass is 9.69. The molecular formula is C35H30O3. The van der Waals surface area contributed by atoms with Crippen molar-refractivity contribution in [2.75, 3.05) is 14.2 Å². The molecule has 0 radical (unpaired) electrons. The maximum Gasteiger partial charge on any atom is 0.142 e. The van der Waals surface area contributed by atoms with Gasteiger partial charge in [-0.3, -0.25) is 0 Å². The first-order valence-electron chi connectivity index (χ1n) is 13.3. The summed E-state index contributed by atoms with van der Waals surface area (Å²) in [7, 11) is 3.51. The van der Waals surface area contributed by atoms with Gasteiger partial charge in [0.1, 0.15) is 17.3 Å². The van der Waals surface area contributed by atoms with Gasteiger partial charge in [0.2, 0.25) is 0 Å². The number of rotatable bonds is 4. The van der Waals surface area contributed by atoms with Crippen LogP contribution >= 0.6 is 0 Å². The predicted octanol–water partition coefficient (Wildman–Crippen LogP) is 4.58. The SMILES string of the molecule is COC1=c2ccc3c4c(c5c(c3c2CCC1)=CC(c1ccccc1)(c1ccc(OC)cc1)CC=5)=CC=CO4. The van der Waals surface area contributed by atoms with E-state index in [0.29, 0.717) is 0 Å². The van der Waals surface area contributed by atoms with Crippen LogP contribution in [-0.2, 0) is 16.6 Å². The van der Waals surface area contributed by atoms with Crippen molar-refractivity contribution in [3.8, 4) is 11.5 Å². The number of benzene rings is 4. The van der Waals surface area contributed by atoms with Gasteiger partial charge in [-0.25, -0.2) is 0 Å². The van der Waals surface area contributed by atoms with Crippen LogP contribution in [0.25, 0.3) is 34.8 Å². The van der Waals surface area contributed by atoms with Gasteiger partial charge in [0.05, 0.1) is 20.5 Å². The van der Waals surface area contributed by atoms with Crippen molar-refractivity contribution < 1.29 is 14.2 Å². The van der Waals surface area contributed by atoms with Crippen LogP contribution < -0.4 is 30.3 Å². The van der Waals surface area contributed by atoms with Crippen molar-refractivity contribution in [1.82, 2.24) is 0 Å². The van der Waals surface area contributed by atoms with Crippen molar-refractivity contribution in [2.24, 2.45) is 0 Å². The van der Waals surface area contributed by atoms with E-state index in [0.717, 1.165) is 48.2 Å². The Morgan fingerprint density at radius 1 is 0.789 bits per heavy atom. The van der Waals surface area contributed by atoms with Crippen LogP contribution in [0, 0.1) is 0 Å². The van der Waals surface area contributed by atoms with E-state index < -0.39 is 0 Å². The molecule has 3 aliphatic rings. The molecule has 0 N–H and O–H groups in total. The van der Waals surface area contributed by atoms with E-state index in [1.54, 1.807) is 20.5 Å². The van der Waals surface area contributed by atoms with Gasteiger partial charge in [-0.05, 0) is 82.1 Å². The summed E-state index contributed by atoms with van der Waals surface area (Å²) < 4.78 is 17.6. The second kappa shape index (κ2) is 8.95. The van der Waals surface area contributed by atoms with Gasteiger partial charge in [0, 0.05) is 27.7 Å². The van der Waals surface area contributed by atoms with Crippen LogP contribution in [0.2, 0.25) is 0 Å². The Hall–Kier alpha value is -4.24. The average Bonchev–Trinajstić information content (AvgIpc) is 3.00. The molecule has 1 heterocycles. The summed E-state index contributed by atoms with van der Waals surface area (Å²) in [6.07, 6.45) is 14.9. The zero-order valence-electron chi connectivity index (χ0n) is 21.8. The van der Waals surface area contributed by atoms with E-state index in [4.69, 9.17) is 14.2 Å². The third-order valence-corrected chi connectivity index (χ3v) is 8.47. The molecule has 0 aromatic heterocycles. The molecule has 7 rings (SSSR count). The zero-order chi connectivity index (χ0) is 25.7. The molecule has 4 aromatic carbocycles. The molecule has 1 aliphatic heterocycles. The van der Waals surface area contributed by atoms with Gasteiger partial charge in [-0.1, -0.05) is 60.7 Å². The molecule has 38 heavy (non-hydrogen) atoms. The standard InChI is InChI=1S/C35H30O3/c1-36-25-15-13-24(14-16-25)35(23-8-4-3-5-9-23)20-19-26-29-11-7-21-38-34(29)30-18-17-27-28(33(30)31(26)22-35)10-6-12-32(27)37-2/h3-5,7-9,11,13-19,21-22H,6,10,12,20H2,1-2H3. The number of allylic oxidation sites excluding steroid dienone is 1. The molecule has 3 heteroatoms. The number of hydrogen-bond donors (Lipinski definition) is 0. The van der Waals surface area contributed by atoms with E-state index in [9.17, 15) is 0 Å². The van der Waals surface area contributed by atoms with Crippen LogP contribution in [0.4, 0.5) is 0 Å². The lowest BCUT2D eigenvalue weighted by Gasteiger charge is -2.34. The lowest BCUT2D eigenvalue weighted by molar-refractivity contribution is 0.343. The van der Waals surface area contributed by atoms with Crippen molar-refractivity contribution in [3.05, 3.63) is 117 Å². The van der Waals surface area contributed by atoms with E-state index in [1.165, 1.54) is 43.1 Å². The van der Waals surface area contributed by atoms with Gasteiger partial charge >= 0.3 is 0 Å². The Morgan fingerprint density at radius 2 is 1.61 bits per heavy atom. The van der Waals surface area contributed by atoms with Crippen molar-refractivity contribution in [2.45, 2.75) is 31.1 Å². The Labute approximate surface area is 222 Å². The molecule has 0 fully saturated rings. The highest BCUT2D eigenvalue weighted by Crippen LogP contribution is 2.40. The molecule has 1 atom stereocenters. The van der Waals surface area contributed by atoms with Gasteiger partial charge in [-0.2, -0.15) is 0 Å². The van der Waals surface area contributed by atoms with Gasteiger partial charge < -0.3 is 14.2 Å². The van der Waals surface area contributed by atoms with Crippen LogP contribution in [-0.4, -0.2) is 14.2 Å². The fourth-order valence-corrected chi connectivity index (χ4v) is 6.65. The molecule has 0 spiro atoms. The Kier molecular flexibility index (Phi) is 5.40. The predicted molar refractivity (Wildman–Crippen MR) is 154 cm³/mol. The number of fused-ring (bicyclic) bond motifs is 8. The smallest absolute Gasteiger partial charge is 0.142 e. The summed E-state index contributed by atoms with van der Waals surface area (Å²) >= 11 is 0. The van der Waals surface area contributed by atoms with Crippen LogP contribution in [0.5, 0.6) is 11.5 Å². The summed E-state index contributed by atoms with van der Waals surface area (Å²) in [5.74, 6) is 2.90. The highest BCUT2D eigenvalue weighted by molar-refractivity contribution is 5.94. The number of ether oxygens (including phenoxy) is 3. The Bertz CT molecular complexity index is 1850. The first-order valence-corrected chi connectivity index (χ1v) is 13.3. The van der Waals surface area contributed by atoms with E-state index in [1.807, 2.05) is 6.08 Å². The molecule has 0 bridgehead atoms. The minimum atomic E-state index is -0.307. The quantitative estimate of drug-likeness (QED) is 0.412. The van der Waals surface area contributed by atoms with Crippen molar-refractivity contribution >= 4 is 34.8 Å². The van der Waals surface area contributed by atoms with Crippen LogP contribution in [0.3, 0.4) is 0 Å². The van der Waals surface area contributed by atoms with Gasteiger partial charge in [0.15, 0.2) is 0 Å². The van der Waals surface area contributed by atoms with Gasteiger partial charge in [0.25, 0.3) is 0 Å². The number of methoxy groups -OCH3 is 2. The molecule has 0 saturated heterocycles. The van der Waals surface area contributed by atoms with Crippen molar-refractivity contribution in [3.63, 3.8) is 0 Å². The minimum absolute atomic E-state index is 0.307. The summed E-state index contributed by atoms with van der Waals surface area (Å²) in [6, 6.07) is 23.9.